The molecular formula is C17H18ClN3OS. The van der Waals surface area contributed by atoms with Crippen LogP contribution in [0.4, 0.5) is 0 Å². The average Bonchev–Trinajstić information content (AvgIpc) is 3.23. The molecule has 3 atom stereocenters. The Morgan fingerprint density at radius 1 is 1.39 bits per heavy atom. The molecule has 2 aliphatic rings. The number of nitrogens with one attached hydrogen (secondary N) is 2. The first-order valence-corrected chi connectivity index (χ1v) is 9.10. The van der Waals surface area contributed by atoms with Gasteiger partial charge in [0.25, 0.3) is 5.91 Å². The van der Waals surface area contributed by atoms with Gasteiger partial charge in [-0.3, -0.25) is 4.79 Å². The second-order valence-electron chi connectivity index (χ2n) is 6.28. The van der Waals surface area contributed by atoms with E-state index in [1.54, 1.807) is 0 Å². The third kappa shape index (κ3) is 2.77. The topological polar surface area (TPSA) is 54.0 Å². The van der Waals surface area contributed by atoms with Gasteiger partial charge in [0.2, 0.25) is 0 Å². The molecule has 3 unspecified atom stereocenters. The molecule has 4 rings (SSSR count). The molecule has 1 amide bonds. The number of hydrogen-bond acceptors (Lipinski definition) is 4. The first-order chi connectivity index (χ1) is 11.1. The van der Waals surface area contributed by atoms with Crippen LogP contribution in [0.1, 0.15) is 34.8 Å². The first kappa shape index (κ1) is 15.1. The fraction of sp³-hybridized carbons (Fsp3) is 0.412. The van der Waals surface area contributed by atoms with Crippen molar-refractivity contribution in [2.24, 2.45) is 0 Å². The summed E-state index contributed by atoms with van der Waals surface area (Å²) < 4.78 is 0. The van der Waals surface area contributed by atoms with Crippen LogP contribution in [-0.4, -0.2) is 29.0 Å². The lowest BCUT2D eigenvalue weighted by atomic mass is 9.95. The predicted octanol–water partition coefficient (Wildman–Crippen LogP) is 3.39. The van der Waals surface area contributed by atoms with E-state index in [9.17, 15) is 4.79 Å². The highest BCUT2D eigenvalue weighted by molar-refractivity contribution is 7.17. The van der Waals surface area contributed by atoms with Crippen LogP contribution in [0.5, 0.6) is 0 Å². The molecule has 2 fully saturated rings. The standard InChI is InChI=1S/C17H18ClN3OS/c1-9-15(11-4-2-3-5-12(11)18)23-17(19-9)16(22)21-14-8-10-6-7-13(14)20-10/h2-5,10,13-14,20H,6-8H2,1H3,(H,21,22). The zero-order valence-corrected chi connectivity index (χ0v) is 14.4. The average molecular weight is 348 g/mol. The Bertz CT molecular complexity index is 760. The van der Waals surface area contributed by atoms with Crippen LogP contribution in [0, 0.1) is 6.92 Å². The van der Waals surface area contributed by atoms with Crippen molar-refractivity contribution in [3.63, 3.8) is 0 Å². The molecule has 2 N–H and O–H groups in total. The number of carbonyl (C=O) groups is 1. The van der Waals surface area contributed by atoms with Gasteiger partial charge in [0.1, 0.15) is 0 Å². The molecule has 2 bridgehead atoms. The lowest BCUT2D eigenvalue weighted by molar-refractivity contribution is 0.0930. The number of aryl methyl sites for hydroxylation is 1. The number of carbonyl (C=O) groups excluding carboxylic acids is 1. The quantitative estimate of drug-likeness (QED) is 0.894. The Kier molecular flexibility index (Phi) is 3.87. The van der Waals surface area contributed by atoms with Crippen molar-refractivity contribution < 1.29 is 4.79 Å². The van der Waals surface area contributed by atoms with E-state index in [1.807, 2.05) is 31.2 Å². The third-order valence-corrected chi connectivity index (χ3v) is 6.24. The molecule has 0 spiro atoms. The molecule has 23 heavy (non-hydrogen) atoms. The number of rotatable bonds is 3. The number of amides is 1. The van der Waals surface area contributed by atoms with Gasteiger partial charge in [-0.25, -0.2) is 4.98 Å². The summed E-state index contributed by atoms with van der Waals surface area (Å²) in [4.78, 5) is 18.0. The molecule has 0 radical (unpaired) electrons. The largest absolute Gasteiger partial charge is 0.346 e. The summed E-state index contributed by atoms with van der Waals surface area (Å²) in [5.74, 6) is -0.0734. The summed E-state index contributed by atoms with van der Waals surface area (Å²) in [5, 5.41) is 7.88. The minimum Gasteiger partial charge on any atom is -0.346 e. The SMILES string of the molecule is Cc1nc(C(=O)NC2CC3CCC2N3)sc1-c1ccccc1Cl. The van der Waals surface area contributed by atoms with E-state index in [-0.39, 0.29) is 11.9 Å². The maximum absolute atomic E-state index is 12.5. The van der Waals surface area contributed by atoms with Crippen molar-refractivity contribution in [1.82, 2.24) is 15.6 Å². The molecule has 0 saturated carbocycles. The van der Waals surface area contributed by atoms with Crippen molar-refractivity contribution in [2.45, 2.75) is 44.3 Å². The second-order valence-corrected chi connectivity index (χ2v) is 7.68. The lowest BCUT2D eigenvalue weighted by Gasteiger charge is -2.20. The van der Waals surface area contributed by atoms with E-state index in [4.69, 9.17) is 11.6 Å². The summed E-state index contributed by atoms with van der Waals surface area (Å²) in [6.07, 6.45) is 3.40. The monoisotopic (exact) mass is 347 g/mol. The molecule has 2 aliphatic heterocycles. The Hall–Kier alpha value is -1.43. The predicted molar refractivity (Wildman–Crippen MR) is 93.1 cm³/mol. The number of hydrogen-bond donors (Lipinski definition) is 2. The zero-order chi connectivity index (χ0) is 16.0. The Morgan fingerprint density at radius 2 is 2.22 bits per heavy atom. The van der Waals surface area contributed by atoms with Crippen LogP contribution in [0.15, 0.2) is 24.3 Å². The third-order valence-electron chi connectivity index (χ3n) is 4.73. The smallest absolute Gasteiger partial charge is 0.280 e. The maximum Gasteiger partial charge on any atom is 0.280 e. The van der Waals surface area contributed by atoms with Crippen LogP contribution in [0.25, 0.3) is 10.4 Å². The van der Waals surface area contributed by atoms with E-state index in [0.717, 1.165) is 29.0 Å². The molecule has 4 nitrogen and oxygen atoms in total. The number of benzene rings is 1. The highest BCUT2D eigenvalue weighted by atomic mass is 35.5. The van der Waals surface area contributed by atoms with Crippen molar-refractivity contribution in [2.75, 3.05) is 0 Å². The number of nitrogens with zero attached hydrogens (tertiary/aromatic N) is 1. The van der Waals surface area contributed by atoms with Gasteiger partial charge in [0, 0.05) is 28.7 Å². The fourth-order valence-electron chi connectivity index (χ4n) is 3.60. The maximum atomic E-state index is 12.5. The fourth-order valence-corrected chi connectivity index (χ4v) is 4.90. The summed E-state index contributed by atoms with van der Waals surface area (Å²) in [6.45, 7) is 1.92. The van der Waals surface area contributed by atoms with Crippen LogP contribution in [-0.2, 0) is 0 Å². The number of thiazole rings is 1. The number of aromatic nitrogens is 1. The van der Waals surface area contributed by atoms with Gasteiger partial charge in [-0.15, -0.1) is 11.3 Å². The zero-order valence-electron chi connectivity index (χ0n) is 12.8. The Balaban J connectivity index is 1.55. The van der Waals surface area contributed by atoms with E-state index in [0.29, 0.717) is 22.1 Å². The van der Waals surface area contributed by atoms with Crippen molar-refractivity contribution in [3.8, 4) is 10.4 Å². The number of halogens is 1. The minimum atomic E-state index is -0.0734. The van der Waals surface area contributed by atoms with E-state index in [2.05, 4.69) is 15.6 Å². The van der Waals surface area contributed by atoms with Crippen LogP contribution >= 0.6 is 22.9 Å². The van der Waals surface area contributed by atoms with Gasteiger partial charge < -0.3 is 10.6 Å². The summed E-state index contributed by atoms with van der Waals surface area (Å²) in [5.41, 5.74) is 1.78. The van der Waals surface area contributed by atoms with Crippen LogP contribution in [0.2, 0.25) is 5.02 Å². The molecule has 3 heterocycles. The molecule has 6 heteroatoms. The summed E-state index contributed by atoms with van der Waals surface area (Å²) >= 11 is 7.68. The van der Waals surface area contributed by atoms with E-state index >= 15 is 0 Å². The van der Waals surface area contributed by atoms with Gasteiger partial charge in [0.05, 0.1) is 10.6 Å². The van der Waals surface area contributed by atoms with Gasteiger partial charge in [-0.2, -0.15) is 0 Å². The van der Waals surface area contributed by atoms with Gasteiger partial charge in [-0.1, -0.05) is 29.8 Å². The highest BCUT2D eigenvalue weighted by Gasteiger charge is 2.40. The highest BCUT2D eigenvalue weighted by Crippen LogP contribution is 2.35. The number of fused-ring (bicyclic) bond motifs is 2. The van der Waals surface area contributed by atoms with Gasteiger partial charge in [0.15, 0.2) is 5.01 Å². The van der Waals surface area contributed by atoms with Crippen molar-refractivity contribution in [3.05, 3.63) is 40.0 Å². The first-order valence-electron chi connectivity index (χ1n) is 7.91. The molecule has 2 aromatic rings. The minimum absolute atomic E-state index is 0.0734. The normalized spacial score (nSPS) is 25.7. The molecule has 0 aliphatic carbocycles. The van der Waals surface area contributed by atoms with Crippen LogP contribution in [0.3, 0.4) is 0 Å². The van der Waals surface area contributed by atoms with Gasteiger partial charge in [-0.05, 0) is 32.3 Å². The van der Waals surface area contributed by atoms with E-state index < -0.39 is 0 Å². The summed E-state index contributed by atoms with van der Waals surface area (Å²) in [7, 11) is 0. The van der Waals surface area contributed by atoms with Crippen LogP contribution < -0.4 is 10.6 Å². The molecule has 1 aromatic heterocycles. The Labute approximate surface area is 144 Å². The van der Waals surface area contributed by atoms with E-state index in [1.165, 1.54) is 17.8 Å². The Morgan fingerprint density at radius 3 is 2.91 bits per heavy atom. The van der Waals surface area contributed by atoms with Crippen molar-refractivity contribution >= 4 is 28.8 Å². The molecule has 120 valence electrons. The molecular weight excluding hydrogens is 330 g/mol. The van der Waals surface area contributed by atoms with Crippen molar-refractivity contribution in [1.29, 1.82) is 0 Å². The van der Waals surface area contributed by atoms with Gasteiger partial charge >= 0.3 is 0 Å². The molecule has 2 saturated heterocycles. The molecule has 1 aromatic carbocycles. The lowest BCUT2D eigenvalue weighted by Crippen LogP contribution is -2.42. The second kappa shape index (κ2) is 5.89. The summed E-state index contributed by atoms with van der Waals surface area (Å²) in [6, 6.07) is 8.89.